The second-order valence-corrected chi connectivity index (χ2v) is 5.45. The summed E-state index contributed by atoms with van der Waals surface area (Å²) >= 11 is 1.30. The smallest absolute Gasteiger partial charge is 0.343 e. The van der Waals surface area contributed by atoms with E-state index in [0.29, 0.717) is 17.9 Å². The summed E-state index contributed by atoms with van der Waals surface area (Å²) in [6.45, 7) is 6.89. The Kier molecular flexibility index (Phi) is 4.76. The van der Waals surface area contributed by atoms with E-state index < -0.39 is 0 Å². The van der Waals surface area contributed by atoms with E-state index in [1.807, 2.05) is 6.92 Å². The van der Waals surface area contributed by atoms with Crippen LogP contribution in [0.25, 0.3) is 0 Å². The number of rotatable bonds is 5. The molecule has 1 aliphatic heterocycles. The second-order valence-electron chi connectivity index (χ2n) is 4.68. The summed E-state index contributed by atoms with van der Waals surface area (Å²) < 4.78 is 15.0. The molecule has 2 heterocycles. The van der Waals surface area contributed by atoms with Crippen LogP contribution in [0.1, 0.15) is 42.7 Å². The van der Waals surface area contributed by atoms with Crippen molar-refractivity contribution in [3.63, 3.8) is 0 Å². The molecule has 0 bridgehead atoms. The van der Waals surface area contributed by atoms with E-state index in [1.165, 1.54) is 11.5 Å². The van der Waals surface area contributed by atoms with Crippen molar-refractivity contribution in [2.75, 3.05) is 18.5 Å². The molecular formula is C13H20N2O3S. The molecule has 1 saturated heterocycles. The Morgan fingerprint density at radius 1 is 1.68 bits per heavy atom. The lowest BCUT2D eigenvalue weighted by molar-refractivity contribution is 0.0526. The van der Waals surface area contributed by atoms with Crippen molar-refractivity contribution in [1.82, 2.24) is 4.37 Å². The quantitative estimate of drug-likeness (QED) is 0.842. The Bertz CT molecular complexity index is 441. The molecule has 1 fully saturated rings. The molecular weight excluding hydrogens is 264 g/mol. The molecule has 0 amide bonds. The summed E-state index contributed by atoms with van der Waals surface area (Å²) in [4.78, 5) is 11.9. The highest BCUT2D eigenvalue weighted by Crippen LogP contribution is 2.28. The molecule has 0 aromatic carbocycles. The molecule has 19 heavy (non-hydrogen) atoms. The fourth-order valence-electron chi connectivity index (χ4n) is 2.21. The van der Waals surface area contributed by atoms with E-state index in [1.54, 1.807) is 6.92 Å². The zero-order valence-corrected chi connectivity index (χ0v) is 12.4. The molecule has 6 heteroatoms. The van der Waals surface area contributed by atoms with Crippen LogP contribution in [0.5, 0.6) is 0 Å². The van der Waals surface area contributed by atoms with Crippen LogP contribution in [-0.4, -0.2) is 35.7 Å². The predicted molar refractivity (Wildman–Crippen MR) is 74.9 cm³/mol. The number of hydrogen-bond acceptors (Lipinski definition) is 6. The van der Waals surface area contributed by atoms with Gasteiger partial charge in [-0.15, -0.1) is 0 Å². The van der Waals surface area contributed by atoms with Gasteiger partial charge in [0.15, 0.2) is 0 Å². The van der Waals surface area contributed by atoms with E-state index >= 15 is 0 Å². The Morgan fingerprint density at radius 3 is 3.11 bits per heavy atom. The van der Waals surface area contributed by atoms with E-state index in [4.69, 9.17) is 9.47 Å². The molecule has 0 aliphatic carbocycles. The third-order valence-corrected chi connectivity index (χ3v) is 4.09. The minimum atomic E-state index is -0.309. The number of carbonyl (C=O) groups is 1. The fraction of sp³-hybridized carbons (Fsp3) is 0.692. The van der Waals surface area contributed by atoms with Gasteiger partial charge in [0.1, 0.15) is 10.6 Å². The van der Waals surface area contributed by atoms with Crippen molar-refractivity contribution >= 4 is 22.5 Å². The lowest BCUT2D eigenvalue weighted by Crippen LogP contribution is -2.30. The minimum absolute atomic E-state index is 0.163. The van der Waals surface area contributed by atoms with Crippen LogP contribution in [0.2, 0.25) is 0 Å². The van der Waals surface area contributed by atoms with Gasteiger partial charge in [0, 0.05) is 6.61 Å². The van der Waals surface area contributed by atoms with Crippen molar-refractivity contribution in [3.8, 4) is 0 Å². The van der Waals surface area contributed by atoms with Crippen LogP contribution < -0.4 is 5.32 Å². The lowest BCUT2D eigenvalue weighted by atomic mass is 10.1. The summed E-state index contributed by atoms with van der Waals surface area (Å²) in [5.74, 6) is -0.309. The molecule has 0 radical (unpaired) electrons. The summed E-state index contributed by atoms with van der Waals surface area (Å²) in [6, 6.07) is 0.163. The maximum Gasteiger partial charge on any atom is 0.343 e. The molecule has 5 nitrogen and oxygen atoms in total. The highest BCUT2D eigenvalue weighted by Gasteiger charge is 2.26. The Balaban J connectivity index is 2.09. The highest BCUT2D eigenvalue weighted by atomic mass is 32.1. The first-order chi connectivity index (χ1) is 9.13. The molecule has 1 aromatic rings. The number of anilines is 1. The number of nitrogens with one attached hydrogen (secondary N) is 1. The van der Waals surface area contributed by atoms with Gasteiger partial charge >= 0.3 is 5.97 Å². The van der Waals surface area contributed by atoms with E-state index in [9.17, 15) is 4.79 Å². The molecule has 0 saturated carbocycles. The maximum absolute atomic E-state index is 11.9. The number of esters is 1. The van der Waals surface area contributed by atoms with Gasteiger partial charge < -0.3 is 14.8 Å². The van der Waals surface area contributed by atoms with Crippen LogP contribution in [0.3, 0.4) is 0 Å². The minimum Gasteiger partial charge on any atom is -0.462 e. The summed E-state index contributed by atoms with van der Waals surface area (Å²) in [6.07, 6.45) is 2.36. The van der Waals surface area contributed by atoms with Gasteiger partial charge in [-0.3, -0.25) is 0 Å². The van der Waals surface area contributed by atoms with Gasteiger partial charge in [-0.1, -0.05) is 0 Å². The Morgan fingerprint density at radius 2 is 2.47 bits per heavy atom. The summed E-state index contributed by atoms with van der Waals surface area (Å²) in [5.41, 5.74) is 1.27. The van der Waals surface area contributed by atoms with Gasteiger partial charge in [-0.05, 0) is 45.1 Å². The Hall–Kier alpha value is -1.14. The van der Waals surface area contributed by atoms with Crippen molar-refractivity contribution in [3.05, 3.63) is 11.3 Å². The topological polar surface area (TPSA) is 60.5 Å². The number of ether oxygens (including phenoxy) is 2. The van der Waals surface area contributed by atoms with E-state index in [2.05, 4.69) is 16.6 Å². The summed E-state index contributed by atoms with van der Waals surface area (Å²) in [5, 5.41) is 4.12. The van der Waals surface area contributed by atoms with Crippen LogP contribution in [0, 0.1) is 6.92 Å². The van der Waals surface area contributed by atoms with Crippen molar-refractivity contribution in [2.24, 2.45) is 0 Å². The number of hydrogen-bond donors (Lipinski definition) is 1. The van der Waals surface area contributed by atoms with Crippen LogP contribution in [0.15, 0.2) is 0 Å². The van der Waals surface area contributed by atoms with E-state index in [-0.39, 0.29) is 18.1 Å². The van der Waals surface area contributed by atoms with Gasteiger partial charge in [-0.2, -0.15) is 4.37 Å². The zero-order valence-electron chi connectivity index (χ0n) is 11.6. The second kappa shape index (κ2) is 6.34. The third kappa shape index (κ3) is 3.25. The van der Waals surface area contributed by atoms with Gasteiger partial charge in [0.05, 0.1) is 24.4 Å². The molecule has 2 rings (SSSR count). The molecule has 0 spiro atoms. The van der Waals surface area contributed by atoms with Crippen LogP contribution in [-0.2, 0) is 9.47 Å². The molecule has 1 N–H and O–H groups in total. The third-order valence-electron chi connectivity index (χ3n) is 3.22. The first-order valence-electron chi connectivity index (χ1n) is 6.65. The Labute approximate surface area is 117 Å². The van der Waals surface area contributed by atoms with E-state index in [0.717, 1.165) is 24.4 Å². The van der Waals surface area contributed by atoms with Gasteiger partial charge in [-0.25, -0.2) is 4.79 Å². The average Bonchev–Trinajstić information content (AvgIpc) is 2.99. The van der Waals surface area contributed by atoms with Crippen LogP contribution in [0.4, 0.5) is 5.00 Å². The van der Waals surface area contributed by atoms with Crippen molar-refractivity contribution in [1.29, 1.82) is 0 Å². The molecule has 1 aromatic heterocycles. The van der Waals surface area contributed by atoms with Gasteiger partial charge in [0.2, 0.25) is 0 Å². The van der Waals surface area contributed by atoms with Crippen LogP contribution >= 0.6 is 11.5 Å². The molecule has 106 valence electrons. The standard InChI is InChI=1S/C13H20N2O3S/c1-4-17-13(16)11-9(3)15-19-12(11)14-8(2)10-6-5-7-18-10/h8,10,14H,4-7H2,1-3H3. The molecule has 2 unspecified atom stereocenters. The predicted octanol–water partition coefficient (Wildman–Crippen LogP) is 2.61. The number of aromatic nitrogens is 1. The SMILES string of the molecule is CCOC(=O)c1c(C)nsc1NC(C)C1CCCO1. The van der Waals surface area contributed by atoms with Gasteiger partial charge in [0.25, 0.3) is 0 Å². The highest BCUT2D eigenvalue weighted by molar-refractivity contribution is 7.10. The summed E-state index contributed by atoms with van der Waals surface area (Å²) in [7, 11) is 0. The zero-order chi connectivity index (χ0) is 13.8. The lowest BCUT2D eigenvalue weighted by Gasteiger charge is -2.20. The number of aryl methyl sites for hydroxylation is 1. The van der Waals surface area contributed by atoms with Crippen molar-refractivity contribution < 1.29 is 14.3 Å². The first kappa shape index (κ1) is 14.3. The number of carbonyl (C=O) groups excluding carboxylic acids is 1. The maximum atomic E-state index is 11.9. The normalized spacial score (nSPS) is 20.3. The average molecular weight is 284 g/mol. The first-order valence-corrected chi connectivity index (χ1v) is 7.42. The number of nitrogens with zero attached hydrogens (tertiary/aromatic N) is 1. The molecule has 2 atom stereocenters. The molecule has 1 aliphatic rings. The largest absolute Gasteiger partial charge is 0.462 e. The van der Waals surface area contributed by atoms with Crippen molar-refractivity contribution in [2.45, 2.75) is 45.8 Å². The monoisotopic (exact) mass is 284 g/mol. The fourth-order valence-corrected chi connectivity index (χ4v) is 3.09.